The lowest BCUT2D eigenvalue weighted by atomic mass is 10.1. The van der Waals surface area contributed by atoms with Crippen molar-refractivity contribution in [3.05, 3.63) is 0 Å². The highest BCUT2D eigenvalue weighted by atomic mass is 19.4. The topological polar surface area (TPSA) is 55.6 Å². The number of carbonyl (C=O) groups is 1. The number of nitrogens with zero attached hydrogens (tertiary/aromatic N) is 1. The minimum atomic E-state index is -5.70. The van der Waals surface area contributed by atoms with Crippen LogP contribution < -0.4 is 5.73 Å². The summed E-state index contributed by atoms with van der Waals surface area (Å²) in [6.45, 7) is -0.574. The molecule has 0 fully saturated rings. The molecule has 2 N–H and O–H groups in total. The van der Waals surface area contributed by atoms with Crippen molar-refractivity contribution < 1.29 is 35.9 Å². The molecule has 1 amide bonds. The first-order chi connectivity index (χ1) is 8.41. The van der Waals surface area contributed by atoms with E-state index in [-0.39, 0.29) is 6.61 Å². The van der Waals surface area contributed by atoms with Gasteiger partial charge >= 0.3 is 12.4 Å². The molecule has 0 aliphatic heterocycles. The molecule has 114 valence electrons. The van der Waals surface area contributed by atoms with E-state index in [0.29, 0.717) is 4.90 Å². The van der Waals surface area contributed by atoms with Crippen LogP contribution in [0.25, 0.3) is 0 Å². The quantitative estimate of drug-likeness (QED) is 0.775. The highest BCUT2D eigenvalue weighted by Gasteiger charge is 2.61. The first-order valence-electron chi connectivity index (χ1n) is 5.04. The van der Waals surface area contributed by atoms with Gasteiger partial charge in [-0.1, -0.05) is 0 Å². The molecular formula is C9H14F6N2O2. The minimum Gasteiger partial charge on any atom is -0.383 e. The Hall–Kier alpha value is -1.03. The number of carbonyl (C=O) groups excluding carboxylic acids is 1. The van der Waals surface area contributed by atoms with Crippen LogP contribution in [0.1, 0.15) is 0 Å². The van der Waals surface area contributed by atoms with Crippen molar-refractivity contribution in [3.8, 4) is 0 Å². The van der Waals surface area contributed by atoms with Gasteiger partial charge in [0.1, 0.15) is 0 Å². The summed E-state index contributed by atoms with van der Waals surface area (Å²) in [5.41, 5.74) is 5.36. The van der Waals surface area contributed by atoms with Gasteiger partial charge in [0.25, 0.3) is 0 Å². The molecule has 0 aliphatic rings. The average Bonchev–Trinajstić information content (AvgIpc) is 2.12. The Morgan fingerprint density at radius 1 is 1.21 bits per heavy atom. The van der Waals surface area contributed by atoms with Crippen LogP contribution in [0.5, 0.6) is 0 Å². The molecule has 19 heavy (non-hydrogen) atoms. The number of ether oxygens (including phenoxy) is 1. The summed E-state index contributed by atoms with van der Waals surface area (Å²) in [5, 5.41) is 0. The standard InChI is InChI=1S/C9H14F6N2O2/c1-17(3-5(16)4-19-2)7(18)6(8(10,11)12)9(13,14)15/h5-6H,3-4,16H2,1-2H3. The zero-order valence-corrected chi connectivity index (χ0v) is 10.2. The molecule has 10 heteroatoms. The third kappa shape index (κ3) is 5.64. The van der Waals surface area contributed by atoms with Crippen LogP contribution in [0, 0.1) is 5.92 Å². The monoisotopic (exact) mass is 296 g/mol. The summed E-state index contributed by atoms with van der Waals surface area (Å²) in [6, 6.07) is -0.874. The van der Waals surface area contributed by atoms with Crippen molar-refractivity contribution in [3.63, 3.8) is 0 Å². The van der Waals surface area contributed by atoms with E-state index in [1.807, 2.05) is 0 Å². The molecular weight excluding hydrogens is 282 g/mol. The van der Waals surface area contributed by atoms with Crippen LogP contribution in [0.15, 0.2) is 0 Å². The fraction of sp³-hybridized carbons (Fsp3) is 0.889. The van der Waals surface area contributed by atoms with Gasteiger partial charge in [-0.2, -0.15) is 26.3 Å². The van der Waals surface area contributed by atoms with Crippen molar-refractivity contribution in [2.45, 2.75) is 18.4 Å². The first kappa shape index (κ1) is 18.0. The molecule has 0 spiro atoms. The molecule has 1 atom stereocenters. The van der Waals surface area contributed by atoms with E-state index in [2.05, 4.69) is 4.74 Å². The van der Waals surface area contributed by atoms with Crippen LogP contribution in [-0.2, 0) is 9.53 Å². The SMILES string of the molecule is COCC(N)CN(C)C(=O)C(C(F)(F)F)C(F)(F)F. The highest BCUT2D eigenvalue weighted by molar-refractivity contribution is 5.80. The molecule has 0 radical (unpaired) electrons. The van der Waals surface area contributed by atoms with Crippen LogP contribution in [-0.4, -0.2) is 56.5 Å². The predicted octanol–water partition coefficient (Wildman–Crippen LogP) is 1.16. The van der Waals surface area contributed by atoms with Gasteiger partial charge in [0, 0.05) is 26.7 Å². The zero-order valence-electron chi connectivity index (χ0n) is 10.2. The van der Waals surface area contributed by atoms with E-state index >= 15 is 0 Å². The number of alkyl halides is 6. The molecule has 0 aromatic carbocycles. The summed E-state index contributed by atoms with van der Waals surface area (Å²) in [7, 11) is 2.08. The Kier molecular flexibility index (Phi) is 6.07. The maximum atomic E-state index is 12.3. The summed E-state index contributed by atoms with van der Waals surface area (Å²) in [4.78, 5) is 11.6. The number of rotatable bonds is 5. The van der Waals surface area contributed by atoms with Crippen molar-refractivity contribution in [2.24, 2.45) is 11.7 Å². The van der Waals surface area contributed by atoms with E-state index in [9.17, 15) is 31.1 Å². The molecule has 1 unspecified atom stereocenters. The first-order valence-corrected chi connectivity index (χ1v) is 5.04. The van der Waals surface area contributed by atoms with Crippen LogP contribution in [0.4, 0.5) is 26.3 Å². The molecule has 0 aromatic heterocycles. The van der Waals surface area contributed by atoms with Crippen molar-refractivity contribution in [2.75, 3.05) is 27.3 Å². The molecule has 0 heterocycles. The van der Waals surface area contributed by atoms with E-state index < -0.39 is 36.8 Å². The lowest BCUT2D eigenvalue weighted by Crippen LogP contribution is -2.51. The second-order valence-corrected chi connectivity index (χ2v) is 3.95. The molecule has 0 saturated heterocycles. The number of nitrogens with two attached hydrogens (primary N) is 1. The number of methoxy groups -OCH3 is 1. The maximum absolute atomic E-state index is 12.3. The Morgan fingerprint density at radius 3 is 1.95 bits per heavy atom. The number of hydrogen-bond donors (Lipinski definition) is 1. The summed E-state index contributed by atoms with van der Waals surface area (Å²) >= 11 is 0. The number of amides is 1. The fourth-order valence-electron chi connectivity index (χ4n) is 1.39. The van der Waals surface area contributed by atoms with E-state index in [1.54, 1.807) is 0 Å². The average molecular weight is 296 g/mol. The van der Waals surface area contributed by atoms with E-state index in [0.717, 1.165) is 7.05 Å². The number of likely N-dealkylation sites (N-methyl/N-ethyl adjacent to an activating group) is 1. The second-order valence-electron chi connectivity index (χ2n) is 3.95. The van der Waals surface area contributed by atoms with Gasteiger partial charge < -0.3 is 15.4 Å². The molecule has 0 aliphatic carbocycles. The van der Waals surface area contributed by atoms with Gasteiger partial charge in [0.05, 0.1) is 6.61 Å². The van der Waals surface area contributed by atoms with Crippen LogP contribution >= 0.6 is 0 Å². The lowest BCUT2D eigenvalue weighted by molar-refractivity contribution is -0.277. The number of hydrogen-bond acceptors (Lipinski definition) is 3. The lowest BCUT2D eigenvalue weighted by Gasteiger charge is -2.28. The minimum absolute atomic E-state index is 0.0969. The van der Waals surface area contributed by atoms with Crippen LogP contribution in [0.3, 0.4) is 0 Å². The van der Waals surface area contributed by atoms with Gasteiger partial charge in [-0.15, -0.1) is 0 Å². The fourth-order valence-corrected chi connectivity index (χ4v) is 1.39. The van der Waals surface area contributed by atoms with Gasteiger partial charge in [-0.25, -0.2) is 0 Å². The Balaban J connectivity index is 4.92. The van der Waals surface area contributed by atoms with Gasteiger partial charge in [0.2, 0.25) is 11.8 Å². The van der Waals surface area contributed by atoms with Crippen molar-refractivity contribution in [1.82, 2.24) is 4.90 Å². The van der Waals surface area contributed by atoms with Crippen molar-refractivity contribution in [1.29, 1.82) is 0 Å². The Bertz CT molecular complexity index is 290. The normalized spacial score (nSPS) is 14.6. The largest absolute Gasteiger partial charge is 0.409 e. The summed E-state index contributed by atoms with van der Waals surface area (Å²) < 4.78 is 78.3. The smallest absolute Gasteiger partial charge is 0.383 e. The number of halogens is 6. The molecule has 4 nitrogen and oxygen atoms in total. The Morgan fingerprint density at radius 2 is 1.63 bits per heavy atom. The van der Waals surface area contributed by atoms with E-state index in [4.69, 9.17) is 5.73 Å². The van der Waals surface area contributed by atoms with Gasteiger partial charge in [0.15, 0.2) is 0 Å². The molecule has 0 saturated carbocycles. The summed E-state index contributed by atoms with van der Waals surface area (Å²) in [5.74, 6) is -6.13. The van der Waals surface area contributed by atoms with E-state index in [1.165, 1.54) is 7.11 Å². The predicted molar refractivity (Wildman–Crippen MR) is 53.1 cm³/mol. The highest BCUT2D eigenvalue weighted by Crippen LogP contribution is 2.40. The Labute approximate surface area is 105 Å². The van der Waals surface area contributed by atoms with Gasteiger partial charge in [-0.3, -0.25) is 4.79 Å². The molecule has 0 aromatic rings. The van der Waals surface area contributed by atoms with Gasteiger partial charge in [-0.05, 0) is 0 Å². The van der Waals surface area contributed by atoms with Crippen LogP contribution in [0.2, 0.25) is 0 Å². The second kappa shape index (κ2) is 6.42. The molecule has 0 rings (SSSR count). The van der Waals surface area contributed by atoms with Crippen molar-refractivity contribution >= 4 is 5.91 Å². The third-order valence-electron chi connectivity index (χ3n) is 2.17. The maximum Gasteiger partial charge on any atom is 0.409 e. The summed E-state index contributed by atoms with van der Waals surface area (Å²) in [6.07, 6.45) is -11.4. The molecule has 0 bridgehead atoms. The zero-order chi connectivity index (χ0) is 15.4. The third-order valence-corrected chi connectivity index (χ3v) is 2.17.